The highest BCUT2D eigenvalue weighted by Crippen LogP contribution is 2.36. The van der Waals surface area contributed by atoms with Crippen LogP contribution in [0.4, 0.5) is 0 Å². The van der Waals surface area contributed by atoms with Crippen molar-refractivity contribution in [3.63, 3.8) is 0 Å². The number of ether oxygens (including phenoxy) is 1. The lowest BCUT2D eigenvalue weighted by Gasteiger charge is -2.38. The van der Waals surface area contributed by atoms with Crippen molar-refractivity contribution in [1.29, 1.82) is 0 Å². The molecule has 0 amide bonds. The molecule has 0 radical (unpaired) electrons. The lowest BCUT2D eigenvalue weighted by Crippen LogP contribution is -2.47. The molecular formula is C14H30O4Si. The van der Waals surface area contributed by atoms with Gasteiger partial charge in [0, 0.05) is 0 Å². The van der Waals surface area contributed by atoms with E-state index >= 15 is 0 Å². The van der Waals surface area contributed by atoms with Crippen LogP contribution in [-0.4, -0.2) is 44.1 Å². The molecule has 0 aromatic heterocycles. The average molecular weight is 290 g/mol. The van der Waals surface area contributed by atoms with Gasteiger partial charge in [0.1, 0.15) is 12.2 Å². The largest absolute Gasteiger partial charge is 0.414 e. The third-order valence-electron chi connectivity index (χ3n) is 3.44. The summed E-state index contributed by atoms with van der Waals surface area (Å²) in [6.45, 7) is 16.6. The second-order valence-electron chi connectivity index (χ2n) is 7.47. The normalized spacial score (nSPS) is 17.1. The molecular weight excluding hydrogens is 260 g/mol. The van der Waals surface area contributed by atoms with Gasteiger partial charge < -0.3 is 19.1 Å². The Bertz CT molecular complexity index is 289. The van der Waals surface area contributed by atoms with Gasteiger partial charge in [-0.15, -0.1) is 0 Å². The standard InChI is InChI=1S/C14H30O4Si/c1-13(2,3)18-12(11(16)9-15)10-17-19(7,8)14(4,5)6/h9,11-12,16H,10H2,1-8H3/t11-,12-/m0/s1. The summed E-state index contributed by atoms with van der Waals surface area (Å²) < 4.78 is 11.7. The molecule has 0 aliphatic rings. The Labute approximate surface area is 118 Å². The van der Waals surface area contributed by atoms with Gasteiger partial charge in [-0.25, -0.2) is 0 Å². The molecule has 0 unspecified atom stereocenters. The number of carbonyl (C=O) groups is 1. The number of hydrogen-bond acceptors (Lipinski definition) is 4. The van der Waals surface area contributed by atoms with Crippen molar-refractivity contribution < 1.29 is 19.1 Å². The molecule has 0 saturated heterocycles. The first-order chi connectivity index (χ1) is 8.30. The lowest BCUT2D eigenvalue weighted by atomic mass is 10.1. The Morgan fingerprint density at radius 2 is 1.63 bits per heavy atom. The summed E-state index contributed by atoms with van der Waals surface area (Å²) in [4.78, 5) is 10.8. The topological polar surface area (TPSA) is 55.8 Å². The molecule has 2 atom stereocenters. The SMILES string of the molecule is CC(C)(C)O[C@@H](CO[Si](C)(C)C(C)(C)C)[C@@H](O)C=O. The van der Waals surface area contributed by atoms with Crippen molar-refractivity contribution in [3.05, 3.63) is 0 Å². The Balaban J connectivity index is 4.72. The van der Waals surface area contributed by atoms with Crippen molar-refractivity contribution in [2.24, 2.45) is 0 Å². The van der Waals surface area contributed by atoms with Crippen molar-refractivity contribution >= 4 is 14.6 Å². The molecule has 0 spiro atoms. The van der Waals surface area contributed by atoms with Crippen LogP contribution >= 0.6 is 0 Å². The first kappa shape index (κ1) is 18.8. The summed E-state index contributed by atoms with van der Waals surface area (Å²) in [5.41, 5.74) is -0.425. The zero-order valence-electron chi connectivity index (χ0n) is 13.6. The van der Waals surface area contributed by atoms with Crippen LogP contribution in [0.15, 0.2) is 0 Å². The zero-order chi connectivity index (χ0) is 15.5. The van der Waals surface area contributed by atoms with E-state index in [0.29, 0.717) is 6.29 Å². The van der Waals surface area contributed by atoms with Gasteiger partial charge in [0.25, 0.3) is 0 Å². The Kier molecular flexibility index (Phi) is 6.40. The van der Waals surface area contributed by atoms with Gasteiger partial charge in [-0.1, -0.05) is 20.8 Å². The molecule has 0 rings (SSSR count). The highest BCUT2D eigenvalue weighted by Gasteiger charge is 2.38. The molecule has 4 nitrogen and oxygen atoms in total. The minimum absolute atomic E-state index is 0.0887. The van der Waals surface area contributed by atoms with Crippen LogP contribution in [0.3, 0.4) is 0 Å². The van der Waals surface area contributed by atoms with Crippen LogP contribution < -0.4 is 0 Å². The number of aldehydes is 1. The number of aliphatic hydroxyl groups excluding tert-OH is 1. The molecule has 0 bridgehead atoms. The van der Waals surface area contributed by atoms with Gasteiger partial charge in [0.05, 0.1) is 12.2 Å². The van der Waals surface area contributed by atoms with Crippen LogP contribution in [0.1, 0.15) is 41.5 Å². The summed E-state index contributed by atoms with van der Waals surface area (Å²) in [6, 6.07) is 0. The van der Waals surface area contributed by atoms with Gasteiger partial charge in [-0.2, -0.15) is 0 Å². The molecule has 19 heavy (non-hydrogen) atoms. The minimum atomic E-state index is -1.91. The Morgan fingerprint density at radius 3 is 1.95 bits per heavy atom. The fourth-order valence-corrected chi connectivity index (χ4v) is 2.26. The number of carbonyl (C=O) groups excluding carboxylic acids is 1. The molecule has 0 heterocycles. The monoisotopic (exact) mass is 290 g/mol. The van der Waals surface area contributed by atoms with Crippen LogP contribution in [0.2, 0.25) is 18.1 Å². The maximum absolute atomic E-state index is 10.8. The molecule has 0 aromatic rings. The Morgan fingerprint density at radius 1 is 1.16 bits per heavy atom. The van der Waals surface area contributed by atoms with Crippen molar-refractivity contribution in [3.8, 4) is 0 Å². The van der Waals surface area contributed by atoms with Crippen LogP contribution in [0.5, 0.6) is 0 Å². The summed E-state index contributed by atoms with van der Waals surface area (Å²) in [6.07, 6.45) is -1.26. The van der Waals surface area contributed by atoms with Gasteiger partial charge in [-0.3, -0.25) is 0 Å². The predicted octanol–water partition coefficient (Wildman–Crippen LogP) is 2.75. The molecule has 0 fully saturated rings. The fourth-order valence-electron chi connectivity index (χ4n) is 1.25. The maximum Gasteiger partial charge on any atom is 0.192 e. The van der Waals surface area contributed by atoms with E-state index in [-0.39, 0.29) is 11.6 Å². The van der Waals surface area contributed by atoms with Crippen molar-refractivity contribution in [2.75, 3.05) is 6.61 Å². The molecule has 0 saturated carbocycles. The Hall–Kier alpha value is -0.233. The third-order valence-corrected chi connectivity index (χ3v) is 7.94. The predicted molar refractivity (Wildman–Crippen MR) is 79.8 cm³/mol. The zero-order valence-corrected chi connectivity index (χ0v) is 14.6. The van der Waals surface area contributed by atoms with Crippen molar-refractivity contribution in [2.45, 2.75) is 77.5 Å². The smallest absolute Gasteiger partial charge is 0.192 e. The van der Waals surface area contributed by atoms with E-state index in [1.165, 1.54) is 0 Å². The van der Waals surface area contributed by atoms with E-state index in [9.17, 15) is 9.90 Å². The van der Waals surface area contributed by atoms with E-state index in [4.69, 9.17) is 9.16 Å². The van der Waals surface area contributed by atoms with Gasteiger partial charge in [-0.05, 0) is 38.9 Å². The molecule has 5 heteroatoms. The third kappa shape index (κ3) is 6.65. The van der Waals surface area contributed by atoms with Crippen LogP contribution in [-0.2, 0) is 14.0 Å². The van der Waals surface area contributed by atoms with E-state index in [2.05, 4.69) is 33.9 Å². The van der Waals surface area contributed by atoms with Gasteiger partial charge in [0.15, 0.2) is 14.6 Å². The summed E-state index contributed by atoms with van der Waals surface area (Å²) >= 11 is 0. The minimum Gasteiger partial charge on any atom is -0.414 e. The van der Waals surface area contributed by atoms with Crippen LogP contribution in [0, 0.1) is 0 Å². The first-order valence-corrected chi connectivity index (χ1v) is 9.66. The summed E-state index contributed by atoms with van der Waals surface area (Å²) in [7, 11) is -1.91. The van der Waals surface area contributed by atoms with E-state index < -0.39 is 26.1 Å². The molecule has 114 valence electrons. The fraction of sp³-hybridized carbons (Fsp3) is 0.929. The van der Waals surface area contributed by atoms with E-state index in [1.54, 1.807) is 0 Å². The molecule has 0 aromatic carbocycles. The number of aliphatic hydroxyl groups is 1. The lowest BCUT2D eigenvalue weighted by molar-refractivity contribution is -0.142. The van der Waals surface area contributed by atoms with E-state index in [0.717, 1.165) is 0 Å². The van der Waals surface area contributed by atoms with Crippen LogP contribution in [0.25, 0.3) is 0 Å². The second-order valence-corrected chi connectivity index (χ2v) is 12.3. The second kappa shape index (κ2) is 6.48. The number of rotatable bonds is 6. The molecule has 0 aliphatic carbocycles. The maximum atomic E-state index is 10.8. The first-order valence-electron chi connectivity index (χ1n) is 6.75. The highest BCUT2D eigenvalue weighted by molar-refractivity contribution is 6.74. The van der Waals surface area contributed by atoms with Crippen molar-refractivity contribution in [1.82, 2.24) is 0 Å². The quantitative estimate of drug-likeness (QED) is 0.603. The number of hydrogen-bond donors (Lipinski definition) is 1. The summed E-state index contributed by atoms with van der Waals surface area (Å²) in [5.74, 6) is 0. The van der Waals surface area contributed by atoms with E-state index in [1.807, 2.05) is 20.8 Å². The average Bonchev–Trinajstić information content (AvgIpc) is 2.19. The van der Waals surface area contributed by atoms with Gasteiger partial charge in [0.2, 0.25) is 0 Å². The highest BCUT2D eigenvalue weighted by atomic mass is 28.4. The molecule has 0 aliphatic heterocycles. The molecule has 1 N–H and O–H groups in total. The summed E-state index contributed by atoms with van der Waals surface area (Å²) in [5, 5.41) is 9.81. The van der Waals surface area contributed by atoms with Gasteiger partial charge >= 0.3 is 0 Å².